The molecule has 1 fully saturated rings. The number of nitrogens with one attached hydrogen (secondary N) is 1. The lowest BCUT2D eigenvalue weighted by molar-refractivity contribution is -0.140. The lowest BCUT2D eigenvalue weighted by atomic mass is 9.94. The zero-order chi connectivity index (χ0) is 30.1. The summed E-state index contributed by atoms with van der Waals surface area (Å²) in [6.45, 7) is 3.76. The molecule has 1 saturated carbocycles. The maximum Gasteiger partial charge on any atom is 0.244 e. The minimum atomic E-state index is -3.82. The number of carbonyl (C=O) groups is 2. The Bertz CT molecular complexity index is 1420. The molecular formula is C34H43N3O4S. The molecule has 1 atom stereocenters. The molecule has 7 nitrogen and oxygen atoms in total. The zero-order valence-corrected chi connectivity index (χ0v) is 25.7. The zero-order valence-electron chi connectivity index (χ0n) is 24.9. The molecular weight excluding hydrogens is 546 g/mol. The first-order valence-corrected chi connectivity index (χ1v) is 16.7. The average molecular weight is 590 g/mol. The molecule has 1 aliphatic rings. The maximum atomic E-state index is 14.3. The van der Waals surface area contributed by atoms with E-state index in [1.54, 1.807) is 17.0 Å². The van der Waals surface area contributed by atoms with E-state index in [1.807, 2.05) is 86.6 Å². The molecule has 0 aliphatic heterocycles. The van der Waals surface area contributed by atoms with Gasteiger partial charge in [-0.3, -0.25) is 13.9 Å². The van der Waals surface area contributed by atoms with Crippen molar-refractivity contribution in [3.05, 3.63) is 102 Å². The number of sulfonamides is 1. The lowest BCUT2D eigenvalue weighted by Gasteiger charge is -2.35. The summed E-state index contributed by atoms with van der Waals surface area (Å²) >= 11 is 0. The number of amides is 2. The minimum absolute atomic E-state index is 0.0491. The van der Waals surface area contributed by atoms with Crippen molar-refractivity contribution in [2.75, 3.05) is 17.1 Å². The Balaban J connectivity index is 1.73. The summed E-state index contributed by atoms with van der Waals surface area (Å²) in [7, 11) is -3.82. The van der Waals surface area contributed by atoms with Gasteiger partial charge in [0.05, 0.1) is 11.9 Å². The van der Waals surface area contributed by atoms with Crippen molar-refractivity contribution in [1.29, 1.82) is 0 Å². The number of hydrogen-bond acceptors (Lipinski definition) is 4. The summed E-state index contributed by atoms with van der Waals surface area (Å²) in [6, 6.07) is 25.7. The van der Waals surface area contributed by atoms with Crippen LogP contribution in [0, 0.1) is 0 Å². The standard InChI is InChI=1S/C34H43N3O4S/c1-26(2)30-21-13-14-22-31(30)37(42(3,40)41)25-33(38)36(24-28-17-9-5-10-18-28)32(23-27-15-7-4-8-16-27)34(39)35-29-19-11-6-12-20-29/h4-5,7-10,13-18,21-22,26,29,32H,6,11-12,19-20,23-25H2,1-3H3,(H,35,39). The quantitative estimate of drug-likeness (QED) is 0.295. The van der Waals surface area contributed by atoms with Gasteiger partial charge in [-0.2, -0.15) is 0 Å². The van der Waals surface area contributed by atoms with Gasteiger partial charge in [-0.05, 0) is 41.5 Å². The molecule has 42 heavy (non-hydrogen) atoms. The molecule has 4 rings (SSSR count). The lowest BCUT2D eigenvalue weighted by Crippen LogP contribution is -2.55. The van der Waals surface area contributed by atoms with Crippen molar-refractivity contribution < 1.29 is 18.0 Å². The normalized spacial score (nSPS) is 14.8. The van der Waals surface area contributed by atoms with Gasteiger partial charge in [0.2, 0.25) is 21.8 Å². The Labute approximate surface area is 251 Å². The van der Waals surface area contributed by atoms with Gasteiger partial charge in [0, 0.05) is 19.0 Å². The molecule has 0 spiro atoms. The first kappa shape index (κ1) is 31.3. The second-order valence-corrected chi connectivity index (χ2v) is 13.4. The Kier molecular flexibility index (Phi) is 10.8. The Morgan fingerprint density at radius 2 is 1.40 bits per heavy atom. The molecule has 0 bridgehead atoms. The minimum Gasteiger partial charge on any atom is -0.352 e. The molecule has 1 N–H and O–H groups in total. The van der Waals surface area contributed by atoms with Crippen LogP contribution in [-0.2, 0) is 32.6 Å². The van der Waals surface area contributed by atoms with Crippen molar-refractivity contribution in [1.82, 2.24) is 10.2 Å². The van der Waals surface area contributed by atoms with Crippen LogP contribution in [0.25, 0.3) is 0 Å². The summed E-state index contributed by atoms with van der Waals surface area (Å²) < 4.78 is 27.5. The van der Waals surface area contributed by atoms with Crippen LogP contribution in [0.1, 0.15) is 68.6 Å². The van der Waals surface area contributed by atoms with E-state index < -0.39 is 28.5 Å². The van der Waals surface area contributed by atoms with Crippen LogP contribution in [0.5, 0.6) is 0 Å². The topological polar surface area (TPSA) is 86.8 Å². The number of anilines is 1. The highest BCUT2D eigenvalue weighted by atomic mass is 32.2. The predicted molar refractivity (Wildman–Crippen MR) is 169 cm³/mol. The third-order valence-electron chi connectivity index (χ3n) is 7.93. The van der Waals surface area contributed by atoms with Crippen LogP contribution in [0.2, 0.25) is 0 Å². The third-order valence-corrected chi connectivity index (χ3v) is 9.05. The monoisotopic (exact) mass is 589 g/mol. The largest absolute Gasteiger partial charge is 0.352 e. The smallest absolute Gasteiger partial charge is 0.244 e. The molecule has 0 aromatic heterocycles. The van der Waals surface area contributed by atoms with Crippen molar-refractivity contribution in [2.45, 2.75) is 76.9 Å². The molecule has 224 valence electrons. The fraction of sp³-hybridized carbons (Fsp3) is 0.412. The molecule has 0 saturated heterocycles. The van der Waals surface area contributed by atoms with Crippen LogP contribution in [0.3, 0.4) is 0 Å². The molecule has 0 heterocycles. The Hall–Kier alpha value is -3.65. The fourth-order valence-corrected chi connectivity index (χ4v) is 6.54. The Morgan fingerprint density at radius 1 is 0.833 bits per heavy atom. The van der Waals surface area contributed by atoms with E-state index in [9.17, 15) is 18.0 Å². The summed E-state index contributed by atoms with van der Waals surface area (Å²) in [5, 5.41) is 3.23. The molecule has 3 aromatic rings. The van der Waals surface area contributed by atoms with Crippen molar-refractivity contribution in [3.63, 3.8) is 0 Å². The second kappa shape index (κ2) is 14.5. The van der Waals surface area contributed by atoms with Crippen LogP contribution in [0.15, 0.2) is 84.9 Å². The highest BCUT2D eigenvalue weighted by Crippen LogP contribution is 2.29. The van der Waals surface area contributed by atoms with Gasteiger partial charge in [-0.1, -0.05) is 112 Å². The van der Waals surface area contributed by atoms with Crippen LogP contribution < -0.4 is 9.62 Å². The highest BCUT2D eigenvalue weighted by Gasteiger charge is 2.34. The Morgan fingerprint density at radius 3 is 2.00 bits per heavy atom. The van der Waals surface area contributed by atoms with Crippen molar-refractivity contribution in [3.8, 4) is 0 Å². The summed E-state index contributed by atoms with van der Waals surface area (Å²) in [6.07, 6.45) is 6.58. The molecule has 8 heteroatoms. The number of nitrogens with zero attached hydrogens (tertiary/aromatic N) is 2. The number of hydrogen-bond donors (Lipinski definition) is 1. The molecule has 3 aromatic carbocycles. The number of para-hydroxylation sites is 1. The molecule has 1 unspecified atom stereocenters. The third kappa shape index (κ3) is 8.44. The van der Waals surface area contributed by atoms with E-state index >= 15 is 0 Å². The fourth-order valence-electron chi connectivity index (χ4n) is 5.68. The van der Waals surface area contributed by atoms with Gasteiger partial charge >= 0.3 is 0 Å². The van der Waals surface area contributed by atoms with E-state index in [0.717, 1.165) is 55.1 Å². The predicted octanol–water partition coefficient (Wildman–Crippen LogP) is 5.67. The first-order chi connectivity index (χ1) is 20.1. The number of carbonyl (C=O) groups excluding carboxylic acids is 2. The SMILES string of the molecule is CC(C)c1ccccc1N(CC(=O)N(Cc1ccccc1)C(Cc1ccccc1)C(=O)NC1CCCCC1)S(C)(=O)=O. The summed E-state index contributed by atoms with van der Waals surface area (Å²) in [5.74, 6) is -0.584. The van der Waals surface area contributed by atoms with Crippen LogP contribution >= 0.6 is 0 Å². The van der Waals surface area contributed by atoms with Gasteiger partial charge in [0.25, 0.3) is 0 Å². The van der Waals surface area contributed by atoms with E-state index in [2.05, 4.69) is 5.32 Å². The second-order valence-electron chi connectivity index (χ2n) is 11.5. The van der Waals surface area contributed by atoms with Gasteiger partial charge in [-0.15, -0.1) is 0 Å². The van der Waals surface area contributed by atoms with Crippen LogP contribution in [-0.4, -0.2) is 50.0 Å². The highest BCUT2D eigenvalue weighted by molar-refractivity contribution is 7.92. The van der Waals surface area contributed by atoms with Gasteiger partial charge in [0.1, 0.15) is 12.6 Å². The van der Waals surface area contributed by atoms with Gasteiger partial charge < -0.3 is 10.2 Å². The van der Waals surface area contributed by atoms with Gasteiger partial charge in [-0.25, -0.2) is 8.42 Å². The van der Waals surface area contributed by atoms with E-state index in [4.69, 9.17) is 0 Å². The summed E-state index contributed by atoms with van der Waals surface area (Å²) in [4.78, 5) is 29.9. The van der Waals surface area contributed by atoms with E-state index in [1.165, 1.54) is 4.31 Å². The van der Waals surface area contributed by atoms with Crippen molar-refractivity contribution in [2.24, 2.45) is 0 Å². The number of rotatable bonds is 12. The average Bonchev–Trinajstić information content (AvgIpc) is 2.98. The maximum absolute atomic E-state index is 14.3. The van der Waals surface area contributed by atoms with E-state index in [0.29, 0.717) is 12.1 Å². The van der Waals surface area contributed by atoms with Crippen LogP contribution in [0.4, 0.5) is 5.69 Å². The summed E-state index contributed by atoms with van der Waals surface area (Å²) in [5.41, 5.74) is 3.11. The van der Waals surface area contributed by atoms with Gasteiger partial charge in [0.15, 0.2) is 0 Å². The molecule has 2 amide bonds. The van der Waals surface area contributed by atoms with Crippen molar-refractivity contribution >= 4 is 27.5 Å². The molecule has 0 radical (unpaired) electrons. The van der Waals surface area contributed by atoms with E-state index in [-0.39, 0.29) is 24.4 Å². The first-order valence-electron chi connectivity index (χ1n) is 14.9. The number of benzene rings is 3. The molecule has 1 aliphatic carbocycles.